The Bertz CT molecular complexity index is 344. The predicted octanol–water partition coefficient (Wildman–Crippen LogP) is 3.07. The van der Waals surface area contributed by atoms with Crippen molar-refractivity contribution < 1.29 is 4.39 Å². The van der Waals surface area contributed by atoms with E-state index >= 15 is 0 Å². The lowest BCUT2D eigenvalue weighted by Gasteiger charge is -2.14. The van der Waals surface area contributed by atoms with Gasteiger partial charge in [0.1, 0.15) is 5.82 Å². The van der Waals surface area contributed by atoms with Crippen LogP contribution >= 0.6 is 15.9 Å². The maximum absolute atomic E-state index is 13.3. The van der Waals surface area contributed by atoms with Gasteiger partial charge >= 0.3 is 0 Å². The molecule has 4 heteroatoms. The first-order valence-corrected chi connectivity index (χ1v) is 6.80. The molecule has 0 aliphatic rings. The largest absolute Gasteiger partial charge is 0.315 e. The van der Waals surface area contributed by atoms with Crippen molar-refractivity contribution in [3.05, 3.63) is 34.1 Å². The van der Waals surface area contributed by atoms with Gasteiger partial charge in [0.25, 0.3) is 0 Å². The van der Waals surface area contributed by atoms with Crippen molar-refractivity contribution in [3.8, 4) is 0 Å². The standard InChI is InChI=1S/C13H20BrFN2/c1-3-6-16-8-10(2)17-9-11-4-5-12(14)13(15)7-11/h4-5,7,10,16-17H,3,6,8-9H2,1-2H3. The van der Waals surface area contributed by atoms with Gasteiger partial charge in [-0.2, -0.15) is 0 Å². The minimum absolute atomic E-state index is 0.207. The molecule has 1 atom stereocenters. The Hall–Kier alpha value is -0.450. The number of halogens is 2. The molecule has 0 heterocycles. The summed E-state index contributed by atoms with van der Waals surface area (Å²) in [4.78, 5) is 0. The molecule has 0 fully saturated rings. The van der Waals surface area contributed by atoms with Crippen molar-refractivity contribution >= 4 is 15.9 Å². The van der Waals surface area contributed by atoms with Gasteiger partial charge < -0.3 is 10.6 Å². The van der Waals surface area contributed by atoms with Gasteiger partial charge in [-0.1, -0.05) is 13.0 Å². The average Bonchev–Trinajstić information content (AvgIpc) is 2.31. The fourth-order valence-electron chi connectivity index (χ4n) is 1.51. The number of hydrogen-bond acceptors (Lipinski definition) is 2. The van der Waals surface area contributed by atoms with Crippen LogP contribution in [0.5, 0.6) is 0 Å². The number of rotatable bonds is 7. The molecular weight excluding hydrogens is 283 g/mol. The quantitative estimate of drug-likeness (QED) is 0.757. The predicted molar refractivity (Wildman–Crippen MR) is 73.6 cm³/mol. The summed E-state index contributed by atoms with van der Waals surface area (Å²) in [5, 5.41) is 6.71. The summed E-state index contributed by atoms with van der Waals surface area (Å²) in [6.45, 7) is 6.94. The second kappa shape index (κ2) is 7.80. The topological polar surface area (TPSA) is 24.1 Å². The second-order valence-electron chi connectivity index (χ2n) is 4.23. The zero-order valence-corrected chi connectivity index (χ0v) is 12.0. The van der Waals surface area contributed by atoms with E-state index in [1.165, 1.54) is 0 Å². The first-order chi connectivity index (χ1) is 8.13. The highest BCUT2D eigenvalue weighted by Crippen LogP contribution is 2.16. The molecule has 0 spiro atoms. The molecule has 0 bridgehead atoms. The van der Waals surface area contributed by atoms with Crippen LogP contribution in [0.3, 0.4) is 0 Å². The number of nitrogens with one attached hydrogen (secondary N) is 2. The van der Waals surface area contributed by atoms with Gasteiger partial charge in [0, 0.05) is 19.1 Å². The molecule has 0 aliphatic heterocycles. The Morgan fingerprint density at radius 3 is 2.82 bits per heavy atom. The molecule has 0 saturated carbocycles. The Labute approximate surface area is 111 Å². The molecule has 2 N–H and O–H groups in total. The molecule has 0 aromatic heterocycles. The van der Waals surface area contributed by atoms with Crippen LogP contribution in [0.25, 0.3) is 0 Å². The maximum Gasteiger partial charge on any atom is 0.137 e. The van der Waals surface area contributed by atoms with E-state index in [2.05, 4.69) is 40.4 Å². The Balaban J connectivity index is 2.31. The molecule has 96 valence electrons. The lowest BCUT2D eigenvalue weighted by atomic mass is 10.2. The molecule has 0 saturated heterocycles. The van der Waals surface area contributed by atoms with Gasteiger partial charge in [-0.25, -0.2) is 4.39 Å². The van der Waals surface area contributed by atoms with E-state index in [9.17, 15) is 4.39 Å². The van der Waals surface area contributed by atoms with Crippen LogP contribution in [0.15, 0.2) is 22.7 Å². The van der Waals surface area contributed by atoms with E-state index < -0.39 is 0 Å². The SMILES string of the molecule is CCCNCC(C)NCc1ccc(Br)c(F)c1. The lowest BCUT2D eigenvalue weighted by Crippen LogP contribution is -2.36. The smallest absolute Gasteiger partial charge is 0.137 e. The zero-order chi connectivity index (χ0) is 12.7. The van der Waals surface area contributed by atoms with Gasteiger partial charge in [-0.05, 0) is 53.5 Å². The Kier molecular flexibility index (Phi) is 6.70. The fourth-order valence-corrected chi connectivity index (χ4v) is 1.76. The van der Waals surface area contributed by atoms with Crippen LogP contribution in [-0.2, 0) is 6.54 Å². The van der Waals surface area contributed by atoms with Crippen LogP contribution in [0.1, 0.15) is 25.8 Å². The molecule has 2 nitrogen and oxygen atoms in total. The van der Waals surface area contributed by atoms with E-state index in [0.29, 0.717) is 17.1 Å². The van der Waals surface area contributed by atoms with Crippen LogP contribution in [0.4, 0.5) is 4.39 Å². The molecule has 0 amide bonds. The molecular formula is C13H20BrFN2. The van der Waals surface area contributed by atoms with Crippen molar-refractivity contribution in [1.82, 2.24) is 10.6 Å². The molecule has 1 unspecified atom stereocenters. The average molecular weight is 303 g/mol. The minimum atomic E-state index is -0.207. The summed E-state index contributed by atoms with van der Waals surface area (Å²) in [7, 11) is 0. The minimum Gasteiger partial charge on any atom is -0.315 e. The molecule has 17 heavy (non-hydrogen) atoms. The number of benzene rings is 1. The van der Waals surface area contributed by atoms with Crippen molar-refractivity contribution in [2.45, 2.75) is 32.9 Å². The molecule has 0 radical (unpaired) electrons. The first kappa shape index (κ1) is 14.6. The Morgan fingerprint density at radius 2 is 2.18 bits per heavy atom. The highest BCUT2D eigenvalue weighted by atomic mass is 79.9. The van der Waals surface area contributed by atoms with Crippen LogP contribution < -0.4 is 10.6 Å². The highest BCUT2D eigenvalue weighted by Gasteiger charge is 2.03. The van der Waals surface area contributed by atoms with Crippen LogP contribution in [0, 0.1) is 5.82 Å². The summed E-state index contributed by atoms with van der Waals surface area (Å²) >= 11 is 3.15. The summed E-state index contributed by atoms with van der Waals surface area (Å²) in [5.74, 6) is -0.207. The third kappa shape index (κ3) is 5.61. The van der Waals surface area contributed by atoms with E-state index in [1.54, 1.807) is 12.1 Å². The normalized spacial score (nSPS) is 12.7. The molecule has 1 aromatic rings. The van der Waals surface area contributed by atoms with Crippen molar-refractivity contribution in [1.29, 1.82) is 0 Å². The van der Waals surface area contributed by atoms with E-state index in [4.69, 9.17) is 0 Å². The van der Waals surface area contributed by atoms with Gasteiger partial charge in [-0.3, -0.25) is 0 Å². The highest BCUT2D eigenvalue weighted by molar-refractivity contribution is 9.10. The third-order valence-electron chi connectivity index (χ3n) is 2.52. The van der Waals surface area contributed by atoms with E-state index in [-0.39, 0.29) is 5.82 Å². The van der Waals surface area contributed by atoms with E-state index in [0.717, 1.165) is 25.1 Å². The van der Waals surface area contributed by atoms with Crippen LogP contribution in [-0.4, -0.2) is 19.1 Å². The monoisotopic (exact) mass is 302 g/mol. The van der Waals surface area contributed by atoms with Crippen LogP contribution in [0.2, 0.25) is 0 Å². The summed E-state index contributed by atoms with van der Waals surface area (Å²) in [6, 6.07) is 5.61. The molecule has 1 rings (SSSR count). The molecule has 0 aliphatic carbocycles. The second-order valence-corrected chi connectivity index (χ2v) is 5.09. The van der Waals surface area contributed by atoms with Gasteiger partial charge in [0.05, 0.1) is 4.47 Å². The van der Waals surface area contributed by atoms with Crippen molar-refractivity contribution in [2.24, 2.45) is 0 Å². The Morgan fingerprint density at radius 1 is 1.41 bits per heavy atom. The van der Waals surface area contributed by atoms with E-state index in [1.807, 2.05) is 6.07 Å². The fraction of sp³-hybridized carbons (Fsp3) is 0.538. The number of hydrogen-bond donors (Lipinski definition) is 2. The van der Waals surface area contributed by atoms with Gasteiger partial charge in [0.15, 0.2) is 0 Å². The van der Waals surface area contributed by atoms with Gasteiger partial charge in [0.2, 0.25) is 0 Å². The first-order valence-electron chi connectivity index (χ1n) is 6.01. The van der Waals surface area contributed by atoms with Gasteiger partial charge in [-0.15, -0.1) is 0 Å². The lowest BCUT2D eigenvalue weighted by molar-refractivity contribution is 0.500. The summed E-state index contributed by atoms with van der Waals surface area (Å²) in [6.07, 6.45) is 1.14. The van der Waals surface area contributed by atoms with Crippen molar-refractivity contribution in [3.63, 3.8) is 0 Å². The summed E-state index contributed by atoms with van der Waals surface area (Å²) < 4.78 is 13.8. The van der Waals surface area contributed by atoms with Crippen molar-refractivity contribution in [2.75, 3.05) is 13.1 Å². The zero-order valence-electron chi connectivity index (χ0n) is 10.4. The maximum atomic E-state index is 13.3. The summed E-state index contributed by atoms with van der Waals surface area (Å²) in [5.41, 5.74) is 0.966. The molecule has 1 aromatic carbocycles. The third-order valence-corrected chi connectivity index (χ3v) is 3.16.